The van der Waals surface area contributed by atoms with E-state index in [1.807, 2.05) is 0 Å². The van der Waals surface area contributed by atoms with E-state index in [4.69, 9.17) is 9.36 Å². The Kier molecular flexibility index (Phi) is 3.48. The van der Waals surface area contributed by atoms with Crippen LogP contribution in [0, 0.1) is 11.7 Å². The number of hydrogen-bond acceptors (Lipinski definition) is 5. The molecule has 2 aromatic rings. The molecule has 4 rings (SSSR count). The molecule has 0 N–H and O–H groups in total. The van der Waals surface area contributed by atoms with Crippen molar-refractivity contribution in [1.29, 1.82) is 0 Å². The van der Waals surface area contributed by atoms with E-state index in [1.165, 1.54) is 29.5 Å². The lowest BCUT2D eigenvalue weighted by Crippen LogP contribution is -2.25. The maximum atomic E-state index is 13.0. The molecule has 0 spiro atoms. The molecular formula is C16H16FN3O3. The molecule has 0 bridgehead atoms. The molecule has 1 aliphatic carbocycles. The summed E-state index contributed by atoms with van der Waals surface area (Å²) in [4.78, 5) is 17.3. The van der Waals surface area contributed by atoms with E-state index in [0.29, 0.717) is 24.7 Å². The van der Waals surface area contributed by atoms with Gasteiger partial charge in [0.15, 0.2) is 11.9 Å². The maximum Gasteiger partial charge on any atom is 0.441 e. The number of oxime groups is 1. The predicted octanol–water partition coefficient (Wildman–Crippen LogP) is 2.12. The summed E-state index contributed by atoms with van der Waals surface area (Å²) in [5.41, 5.74) is 1.95. The van der Waals surface area contributed by atoms with Gasteiger partial charge in [0.25, 0.3) is 0 Å². The molecule has 1 atom stereocenters. The smallest absolute Gasteiger partial charge is 0.390 e. The highest BCUT2D eigenvalue weighted by molar-refractivity contribution is 5.89. The Bertz CT molecular complexity index is 790. The molecule has 1 fully saturated rings. The van der Waals surface area contributed by atoms with Crippen LogP contribution >= 0.6 is 0 Å². The molecule has 1 aliphatic heterocycles. The van der Waals surface area contributed by atoms with Crippen molar-refractivity contribution in [2.45, 2.75) is 38.3 Å². The molecule has 1 aromatic carbocycles. The minimum Gasteiger partial charge on any atom is -0.390 e. The highest BCUT2D eigenvalue weighted by atomic mass is 19.1. The first kappa shape index (κ1) is 14.2. The van der Waals surface area contributed by atoms with Gasteiger partial charge in [-0.15, -0.1) is 0 Å². The van der Waals surface area contributed by atoms with Crippen molar-refractivity contribution in [1.82, 2.24) is 9.72 Å². The van der Waals surface area contributed by atoms with Gasteiger partial charge in [0.05, 0.1) is 12.3 Å². The Labute approximate surface area is 131 Å². The van der Waals surface area contributed by atoms with Gasteiger partial charge in [-0.3, -0.25) is 9.09 Å². The molecule has 1 saturated carbocycles. The zero-order chi connectivity index (χ0) is 15.8. The summed E-state index contributed by atoms with van der Waals surface area (Å²) in [6.07, 6.45) is 3.35. The normalized spacial score (nSPS) is 20.4. The van der Waals surface area contributed by atoms with Crippen LogP contribution in [0.5, 0.6) is 0 Å². The number of hydrogen-bond donors (Lipinski definition) is 0. The average molecular weight is 317 g/mol. The molecule has 0 amide bonds. The summed E-state index contributed by atoms with van der Waals surface area (Å²) in [6, 6.07) is 6.10. The predicted molar refractivity (Wildman–Crippen MR) is 79.6 cm³/mol. The van der Waals surface area contributed by atoms with Gasteiger partial charge in [-0.25, -0.2) is 9.18 Å². The number of rotatable bonds is 5. The fourth-order valence-electron chi connectivity index (χ4n) is 2.80. The van der Waals surface area contributed by atoms with Crippen LogP contribution in [0.4, 0.5) is 4.39 Å². The van der Waals surface area contributed by atoms with Crippen LogP contribution in [0.2, 0.25) is 0 Å². The standard InChI is InChI=1S/C16H16FN3O3/c17-12-5-1-10(2-6-12)7-15-19-23-16(21)20(15)9-13-8-14(18-22-13)11-3-4-11/h1-2,5-6,11,13H,3-4,7-9H2. The molecule has 0 saturated heterocycles. The monoisotopic (exact) mass is 317 g/mol. The lowest BCUT2D eigenvalue weighted by molar-refractivity contribution is 0.0704. The Hall–Kier alpha value is -2.44. The lowest BCUT2D eigenvalue weighted by Gasteiger charge is -2.09. The van der Waals surface area contributed by atoms with Gasteiger partial charge in [0, 0.05) is 18.8 Å². The molecule has 120 valence electrons. The summed E-state index contributed by atoms with van der Waals surface area (Å²) < 4.78 is 19.2. The number of halogens is 1. The summed E-state index contributed by atoms with van der Waals surface area (Å²) in [5.74, 6) is 0.268. The first-order valence-corrected chi connectivity index (χ1v) is 7.71. The lowest BCUT2D eigenvalue weighted by atomic mass is 10.1. The largest absolute Gasteiger partial charge is 0.441 e. The van der Waals surface area contributed by atoms with Crippen LogP contribution in [0.3, 0.4) is 0 Å². The van der Waals surface area contributed by atoms with Crippen LogP contribution < -0.4 is 5.76 Å². The molecule has 1 unspecified atom stereocenters. The third-order valence-corrected chi connectivity index (χ3v) is 4.23. The third-order valence-electron chi connectivity index (χ3n) is 4.23. The molecule has 1 aromatic heterocycles. The van der Waals surface area contributed by atoms with Gasteiger partial charge >= 0.3 is 5.76 Å². The minimum atomic E-state index is -0.509. The Morgan fingerprint density at radius 1 is 1.26 bits per heavy atom. The fourth-order valence-corrected chi connectivity index (χ4v) is 2.80. The number of aromatic nitrogens is 2. The van der Waals surface area contributed by atoms with Crippen molar-refractivity contribution in [3.05, 3.63) is 52.0 Å². The van der Waals surface area contributed by atoms with Gasteiger partial charge in [0.1, 0.15) is 5.82 Å². The average Bonchev–Trinajstić information content (AvgIpc) is 3.21. The molecule has 6 nitrogen and oxygen atoms in total. The zero-order valence-corrected chi connectivity index (χ0v) is 12.4. The van der Waals surface area contributed by atoms with E-state index in [9.17, 15) is 9.18 Å². The van der Waals surface area contributed by atoms with Gasteiger partial charge in [-0.05, 0) is 30.5 Å². The van der Waals surface area contributed by atoms with Crippen LogP contribution in [0.1, 0.15) is 30.7 Å². The SMILES string of the molecule is O=c1onc(Cc2ccc(F)cc2)n1CC1CC(C2CC2)=NO1. The second-order valence-electron chi connectivity index (χ2n) is 6.07. The quantitative estimate of drug-likeness (QED) is 0.847. The topological polar surface area (TPSA) is 69.6 Å². The van der Waals surface area contributed by atoms with Crippen LogP contribution in [0.25, 0.3) is 0 Å². The van der Waals surface area contributed by atoms with E-state index in [0.717, 1.165) is 17.7 Å². The Morgan fingerprint density at radius 3 is 2.78 bits per heavy atom. The first-order valence-electron chi connectivity index (χ1n) is 7.71. The highest BCUT2D eigenvalue weighted by Crippen LogP contribution is 2.35. The second-order valence-corrected chi connectivity index (χ2v) is 6.07. The molecule has 2 aliphatic rings. The number of benzene rings is 1. The second kappa shape index (κ2) is 5.64. The van der Waals surface area contributed by atoms with Crippen LogP contribution in [-0.4, -0.2) is 21.5 Å². The van der Waals surface area contributed by atoms with Gasteiger partial charge in [-0.2, -0.15) is 0 Å². The van der Waals surface area contributed by atoms with E-state index >= 15 is 0 Å². The van der Waals surface area contributed by atoms with Crippen LogP contribution in [-0.2, 0) is 17.8 Å². The van der Waals surface area contributed by atoms with E-state index < -0.39 is 5.76 Å². The van der Waals surface area contributed by atoms with Crippen molar-refractivity contribution in [2.75, 3.05) is 0 Å². The van der Waals surface area contributed by atoms with Crippen LogP contribution in [0.15, 0.2) is 38.7 Å². The highest BCUT2D eigenvalue weighted by Gasteiger charge is 2.34. The van der Waals surface area contributed by atoms with Gasteiger partial charge in [0.2, 0.25) is 0 Å². The molecule has 7 heteroatoms. The minimum absolute atomic E-state index is 0.158. The molecule has 2 heterocycles. The van der Waals surface area contributed by atoms with E-state index in [-0.39, 0.29) is 11.9 Å². The Morgan fingerprint density at radius 2 is 2.04 bits per heavy atom. The number of nitrogens with zero attached hydrogens (tertiary/aromatic N) is 3. The van der Waals surface area contributed by atoms with Crippen molar-refractivity contribution < 1.29 is 13.8 Å². The molecule has 23 heavy (non-hydrogen) atoms. The fraction of sp³-hybridized carbons (Fsp3) is 0.438. The summed E-state index contributed by atoms with van der Waals surface area (Å²) in [5, 5.41) is 7.95. The Balaban J connectivity index is 1.47. The summed E-state index contributed by atoms with van der Waals surface area (Å²) in [7, 11) is 0. The summed E-state index contributed by atoms with van der Waals surface area (Å²) >= 11 is 0. The van der Waals surface area contributed by atoms with Crippen molar-refractivity contribution >= 4 is 5.71 Å². The molecule has 0 radical (unpaired) electrons. The third kappa shape index (κ3) is 3.04. The van der Waals surface area contributed by atoms with Crippen molar-refractivity contribution in [3.63, 3.8) is 0 Å². The van der Waals surface area contributed by atoms with Crippen molar-refractivity contribution in [2.24, 2.45) is 11.1 Å². The van der Waals surface area contributed by atoms with Gasteiger partial charge in [-0.1, -0.05) is 22.4 Å². The zero-order valence-electron chi connectivity index (χ0n) is 12.4. The molecular weight excluding hydrogens is 301 g/mol. The summed E-state index contributed by atoms with van der Waals surface area (Å²) in [6.45, 7) is 0.360. The maximum absolute atomic E-state index is 13.0. The van der Waals surface area contributed by atoms with E-state index in [2.05, 4.69) is 10.3 Å². The first-order chi connectivity index (χ1) is 11.2. The van der Waals surface area contributed by atoms with Gasteiger partial charge < -0.3 is 4.84 Å². The van der Waals surface area contributed by atoms with E-state index in [1.54, 1.807) is 12.1 Å². The van der Waals surface area contributed by atoms with Crippen molar-refractivity contribution in [3.8, 4) is 0 Å².